The molecule has 5 nitrogen and oxygen atoms in total. The van der Waals surface area contributed by atoms with Gasteiger partial charge in [-0.2, -0.15) is 0 Å². The smallest absolute Gasteiger partial charge is 0.242 e. The number of thioether (sulfide) groups is 1. The zero-order valence-electron chi connectivity index (χ0n) is 11.9. The molecule has 0 spiro atoms. The van der Waals surface area contributed by atoms with E-state index in [2.05, 4.69) is 5.32 Å². The molecule has 3 amide bonds. The van der Waals surface area contributed by atoms with Gasteiger partial charge in [0.15, 0.2) is 0 Å². The summed E-state index contributed by atoms with van der Waals surface area (Å²) in [6.45, 7) is 7.94. The van der Waals surface area contributed by atoms with E-state index in [1.54, 1.807) is 0 Å². The number of carbonyl (C=O) groups excluding carboxylic acids is 3. The van der Waals surface area contributed by atoms with Crippen molar-refractivity contribution in [1.82, 2.24) is 10.2 Å². The SMILES string of the molecule is CC(C)NC(=O)CCN1C(=O)CC(SC(C)C)C1=O. The molecule has 0 aromatic heterocycles. The van der Waals surface area contributed by atoms with Crippen molar-refractivity contribution in [1.29, 1.82) is 0 Å². The Balaban J connectivity index is 2.48. The van der Waals surface area contributed by atoms with Gasteiger partial charge in [-0.05, 0) is 19.1 Å². The first-order valence-electron chi connectivity index (χ1n) is 6.60. The van der Waals surface area contributed by atoms with E-state index in [4.69, 9.17) is 0 Å². The number of amides is 3. The van der Waals surface area contributed by atoms with Gasteiger partial charge in [-0.15, -0.1) is 11.8 Å². The molecule has 6 heteroatoms. The highest BCUT2D eigenvalue weighted by Crippen LogP contribution is 2.28. The third-order valence-electron chi connectivity index (χ3n) is 2.65. The molecule has 0 aliphatic carbocycles. The number of hydrogen-bond donors (Lipinski definition) is 1. The van der Waals surface area contributed by atoms with Gasteiger partial charge in [0.25, 0.3) is 0 Å². The van der Waals surface area contributed by atoms with E-state index in [-0.39, 0.29) is 48.4 Å². The zero-order chi connectivity index (χ0) is 14.6. The first-order chi connectivity index (χ1) is 8.81. The average molecular weight is 286 g/mol. The van der Waals surface area contributed by atoms with Gasteiger partial charge in [0.1, 0.15) is 0 Å². The quantitative estimate of drug-likeness (QED) is 0.744. The summed E-state index contributed by atoms with van der Waals surface area (Å²) >= 11 is 1.51. The van der Waals surface area contributed by atoms with Gasteiger partial charge < -0.3 is 5.32 Å². The standard InChI is InChI=1S/C13H22N2O3S/c1-8(2)14-11(16)5-6-15-12(17)7-10(13(15)18)19-9(3)4/h8-10H,5-7H2,1-4H3,(H,14,16). The molecule has 19 heavy (non-hydrogen) atoms. The van der Waals surface area contributed by atoms with Crippen molar-refractivity contribution in [3.05, 3.63) is 0 Å². The highest BCUT2D eigenvalue weighted by atomic mass is 32.2. The van der Waals surface area contributed by atoms with Gasteiger partial charge >= 0.3 is 0 Å². The van der Waals surface area contributed by atoms with Crippen molar-refractivity contribution in [2.75, 3.05) is 6.54 Å². The lowest BCUT2D eigenvalue weighted by Gasteiger charge is -2.16. The lowest BCUT2D eigenvalue weighted by molar-refractivity contribution is -0.138. The molecule has 0 radical (unpaired) electrons. The second-order valence-electron chi connectivity index (χ2n) is 5.23. The molecule has 1 N–H and O–H groups in total. The Morgan fingerprint density at radius 1 is 1.37 bits per heavy atom. The summed E-state index contributed by atoms with van der Waals surface area (Å²) in [4.78, 5) is 36.5. The summed E-state index contributed by atoms with van der Waals surface area (Å²) in [6.07, 6.45) is 0.433. The number of carbonyl (C=O) groups is 3. The number of hydrogen-bond acceptors (Lipinski definition) is 4. The number of nitrogens with one attached hydrogen (secondary N) is 1. The maximum absolute atomic E-state index is 12.0. The van der Waals surface area contributed by atoms with Crippen molar-refractivity contribution in [2.45, 2.75) is 57.1 Å². The topological polar surface area (TPSA) is 66.5 Å². The molecular weight excluding hydrogens is 264 g/mol. The van der Waals surface area contributed by atoms with E-state index in [0.717, 1.165) is 0 Å². The third-order valence-corrected chi connectivity index (χ3v) is 3.89. The first kappa shape index (κ1) is 16.0. The van der Waals surface area contributed by atoms with E-state index < -0.39 is 0 Å². The fourth-order valence-electron chi connectivity index (χ4n) is 1.93. The molecule has 1 atom stereocenters. The summed E-state index contributed by atoms with van der Waals surface area (Å²) in [5.74, 6) is -0.447. The summed E-state index contributed by atoms with van der Waals surface area (Å²) in [5, 5.41) is 2.78. The van der Waals surface area contributed by atoms with Gasteiger partial charge in [-0.25, -0.2) is 0 Å². The molecule has 108 valence electrons. The number of nitrogens with zero attached hydrogens (tertiary/aromatic N) is 1. The van der Waals surface area contributed by atoms with Crippen LogP contribution in [0.1, 0.15) is 40.5 Å². The molecular formula is C13H22N2O3S. The van der Waals surface area contributed by atoms with E-state index in [9.17, 15) is 14.4 Å². The Bertz CT molecular complexity index is 369. The van der Waals surface area contributed by atoms with Gasteiger partial charge in [0, 0.05) is 25.4 Å². The maximum atomic E-state index is 12.0. The van der Waals surface area contributed by atoms with E-state index in [1.165, 1.54) is 16.7 Å². The van der Waals surface area contributed by atoms with E-state index in [1.807, 2.05) is 27.7 Å². The molecule has 0 saturated carbocycles. The van der Waals surface area contributed by atoms with E-state index in [0.29, 0.717) is 5.25 Å². The average Bonchev–Trinajstić information content (AvgIpc) is 2.50. The lowest BCUT2D eigenvalue weighted by atomic mass is 10.3. The minimum Gasteiger partial charge on any atom is -0.354 e. The normalized spacial score (nSPS) is 19.7. The first-order valence-corrected chi connectivity index (χ1v) is 7.54. The third kappa shape index (κ3) is 4.86. The maximum Gasteiger partial charge on any atom is 0.242 e. The molecule has 0 aromatic rings. The van der Waals surface area contributed by atoms with Crippen LogP contribution in [-0.2, 0) is 14.4 Å². The molecule has 1 aliphatic heterocycles. The number of likely N-dealkylation sites (tertiary alicyclic amines) is 1. The second kappa shape index (κ2) is 6.93. The van der Waals surface area contributed by atoms with E-state index >= 15 is 0 Å². The van der Waals surface area contributed by atoms with Crippen LogP contribution >= 0.6 is 11.8 Å². The van der Waals surface area contributed by atoms with Crippen LogP contribution in [0.2, 0.25) is 0 Å². The van der Waals surface area contributed by atoms with Crippen molar-refractivity contribution in [3.63, 3.8) is 0 Å². The molecule has 1 unspecified atom stereocenters. The predicted octanol–water partition coefficient (Wildman–Crippen LogP) is 1.17. The van der Waals surface area contributed by atoms with Crippen molar-refractivity contribution < 1.29 is 14.4 Å². The van der Waals surface area contributed by atoms with Gasteiger partial charge in [0.2, 0.25) is 17.7 Å². The highest BCUT2D eigenvalue weighted by Gasteiger charge is 2.39. The molecule has 0 bridgehead atoms. The molecule has 0 aromatic carbocycles. The number of rotatable bonds is 6. The van der Waals surface area contributed by atoms with Crippen LogP contribution in [0.3, 0.4) is 0 Å². The summed E-state index contributed by atoms with van der Waals surface area (Å²) in [5.41, 5.74) is 0. The van der Waals surface area contributed by atoms with Crippen LogP contribution in [0.5, 0.6) is 0 Å². The highest BCUT2D eigenvalue weighted by molar-refractivity contribution is 8.01. The van der Waals surface area contributed by atoms with Crippen LogP contribution in [-0.4, -0.2) is 45.7 Å². The molecule has 1 aliphatic rings. The Morgan fingerprint density at radius 3 is 2.53 bits per heavy atom. The minimum absolute atomic E-state index is 0.0710. The Kier molecular flexibility index (Phi) is 5.85. The van der Waals surface area contributed by atoms with Crippen LogP contribution in [0.25, 0.3) is 0 Å². The second-order valence-corrected chi connectivity index (χ2v) is 7.02. The van der Waals surface area contributed by atoms with Gasteiger partial charge in [-0.1, -0.05) is 13.8 Å². The van der Waals surface area contributed by atoms with Crippen molar-refractivity contribution >= 4 is 29.5 Å². The van der Waals surface area contributed by atoms with Crippen molar-refractivity contribution in [3.8, 4) is 0 Å². The molecule has 1 heterocycles. The Hall–Kier alpha value is -1.04. The predicted molar refractivity (Wildman–Crippen MR) is 75.7 cm³/mol. The minimum atomic E-state index is -0.277. The molecule has 1 fully saturated rings. The fraction of sp³-hybridized carbons (Fsp3) is 0.769. The van der Waals surface area contributed by atoms with Crippen LogP contribution < -0.4 is 5.32 Å². The van der Waals surface area contributed by atoms with Crippen LogP contribution in [0, 0.1) is 0 Å². The van der Waals surface area contributed by atoms with Gasteiger partial charge in [-0.3, -0.25) is 19.3 Å². The monoisotopic (exact) mass is 286 g/mol. The fourth-order valence-corrected chi connectivity index (χ4v) is 3.07. The summed E-state index contributed by atoms with van der Waals surface area (Å²) in [7, 11) is 0. The van der Waals surface area contributed by atoms with Crippen LogP contribution in [0.4, 0.5) is 0 Å². The molecule has 1 rings (SSSR count). The van der Waals surface area contributed by atoms with Gasteiger partial charge in [0.05, 0.1) is 5.25 Å². The molecule has 1 saturated heterocycles. The number of imide groups is 1. The Labute approximate surface area is 118 Å². The summed E-state index contributed by atoms with van der Waals surface area (Å²) in [6, 6.07) is 0.0710. The van der Waals surface area contributed by atoms with Crippen molar-refractivity contribution in [2.24, 2.45) is 0 Å². The van der Waals surface area contributed by atoms with Crippen LogP contribution in [0.15, 0.2) is 0 Å². The largest absolute Gasteiger partial charge is 0.354 e. The zero-order valence-corrected chi connectivity index (χ0v) is 12.8. The Morgan fingerprint density at radius 2 is 2.00 bits per heavy atom. The lowest BCUT2D eigenvalue weighted by Crippen LogP contribution is -2.37. The summed E-state index contributed by atoms with van der Waals surface area (Å²) < 4.78 is 0.